The Hall–Kier alpha value is -1.28. The van der Waals surface area contributed by atoms with E-state index in [0.717, 1.165) is 10.9 Å². The summed E-state index contributed by atoms with van der Waals surface area (Å²) in [6.45, 7) is 0. The summed E-state index contributed by atoms with van der Waals surface area (Å²) in [6.07, 6.45) is 1.59. The Labute approximate surface area is 120 Å². The molecule has 0 aliphatic rings. The predicted octanol–water partition coefficient (Wildman–Crippen LogP) is 3.42. The summed E-state index contributed by atoms with van der Waals surface area (Å²) in [5, 5.41) is 8.08. The van der Waals surface area contributed by atoms with Gasteiger partial charge in [0.1, 0.15) is 10.8 Å². The molecule has 3 heterocycles. The van der Waals surface area contributed by atoms with Crippen molar-refractivity contribution in [3.63, 3.8) is 0 Å². The Bertz CT molecular complexity index is 743. The molecule has 0 bridgehead atoms. The molecule has 3 rings (SSSR count). The highest BCUT2D eigenvalue weighted by Crippen LogP contribution is 2.26. The molecular formula is C11H5ClFIN4. The molecule has 7 heteroatoms. The Morgan fingerprint density at radius 3 is 2.94 bits per heavy atom. The minimum Gasteiger partial charge on any atom is -0.277 e. The molecule has 0 saturated carbocycles. The average molecular weight is 375 g/mol. The van der Waals surface area contributed by atoms with E-state index in [9.17, 15) is 4.39 Å². The molecular weight excluding hydrogens is 370 g/mol. The topological polar surface area (TPSA) is 54.5 Å². The third-order valence-electron chi connectivity index (χ3n) is 2.46. The molecule has 0 amide bonds. The van der Waals surface area contributed by atoms with E-state index in [1.165, 1.54) is 0 Å². The lowest BCUT2D eigenvalue weighted by Gasteiger charge is -1.98. The van der Waals surface area contributed by atoms with E-state index >= 15 is 0 Å². The Kier molecular flexibility index (Phi) is 2.90. The van der Waals surface area contributed by atoms with Crippen LogP contribution in [-0.4, -0.2) is 20.2 Å². The number of hydrogen-bond donors (Lipinski definition) is 1. The zero-order valence-corrected chi connectivity index (χ0v) is 11.7. The second-order valence-electron chi connectivity index (χ2n) is 3.59. The Morgan fingerprint density at radius 1 is 1.33 bits per heavy atom. The van der Waals surface area contributed by atoms with Crippen molar-refractivity contribution in [3.05, 3.63) is 39.1 Å². The standard InChI is InChI=1S/C11H5ClFIN4/c12-9-3-8-5(4-15-9)10(18-17-8)7-2-1-6(14)11(13)16-7/h1-4H,(H,17,18). The van der Waals surface area contributed by atoms with Crippen LogP contribution in [0.1, 0.15) is 0 Å². The van der Waals surface area contributed by atoms with Crippen molar-refractivity contribution >= 4 is 45.1 Å². The van der Waals surface area contributed by atoms with Gasteiger partial charge in [0, 0.05) is 17.6 Å². The van der Waals surface area contributed by atoms with Gasteiger partial charge in [-0.15, -0.1) is 0 Å². The zero-order chi connectivity index (χ0) is 12.7. The van der Waals surface area contributed by atoms with E-state index in [2.05, 4.69) is 20.2 Å². The number of aromatic nitrogens is 4. The summed E-state index contributed by atoms with van der Waals surface area (Å²) in [6, 6.07) is 5.04. The molecule has 0 radical (unpaired) electrons. The van der Waals surface area contributed by atoms with Crippen LogP contribution in [-0.2, 0) is 0 Å². The van der Waals surface area contributed by atoms with Crippen LogP contribution in [0.25, 0.3) is 22.3 Å². The maximum atomic E-state index is 13.4. The van der Waals surface area contributed by atoms with Crippen molar-refractivity contribution in [2.45, 2.75) is 0 Å². The maximum absolute atomic E-state index is 13.4. The summed E-state index contributed by atoms with van der Waals surface area (Å²) in [5.74, 6) is -0.508. The fourth-order valence-corrected chi connectivity index (χ4v) is 2.09. The van der Waals surface area contributed by atoms with Crippen LogP contribution in [0.2, 0.25) is 5.15 Å². The van der Waals surface area contributed by atoms with E-state index in [1.54, 1.807) is 24.4 Å². The number of hydrogen-bond acceptors (Lipinski definition) is 3. The normalized spacial score (nSPS) is 11.1. The molecule has 0 fully saturated rings. The first-order valence-electron chi connectivity index (χ1n) is 4.97. The molecule has 4 nitrogen and oxygen atoms in total. The minimum atomic E-state index is -0.508. The highest BCUT2D eigenvalue weighted by atomic mass is 127. The lowest BCUT2D eigenvalue weighted by Crippen LogP contribution is -1.91. The van der Waals surface area contributed by atoms with Gasteiger partial charge in [-0.05, 0) is 34.7 Å². The van der Waals surface area contributed by atoms with Gasteiger partial charge in [-0.1, -0.05) is 11.6 Å². The number of pyridine rings is 2. The fraction of sp³-hybridized carbons (Fsp3) is 0. The summed E-state index contributed by atoms with van der Waals surface area (Å²) in [5.41, 5.74) is 1.76. The molecule has 0 unspecified atom stereocenters. The fourth-order valence-electron chi connectivity index (χ4n) is 1.63. The second-order valence-corrected chi connectivity index (χ2v) is 5.14. The summed E-state index contributed by atoms with van der Waals surface area (Å²) in [7, 11) is 0. The number of halogens is 3. The number of nitrogens with one attached hydrogen (secondary N) is 1. The zero-order valence-electron chi connectivity index (χ0n) is 8.78. The van der Waals surface area contributed by atoms with Gasteiger partial charge >= 0.3 is 0 Å². The van der Waals surface area contributed by atoms with Gasteiger partial charge in [0.25, 0.3) is 0 Å². The number of rotatable bonds is 1. The van der Waals surface area contributed by atoms with Crippen molar-refractivity contribution in [2.75, 3.05) is 0 Å². The van der Waals surface area contributed by atoms with Crippen LogP contribution >= 0.6 is 34.2 Å². The van der Waals surface area contributed by atoms with Crippen LogP contribution in [0.4, 0.5) is 4.39 Å². The lowest BCUT2D eigenvalue weighted by atomic mass is 10.2. The maximum Gasteiger partial charge on any atom is 0.226 e. The van der Waals surface area contributed by atoms with Gasteiger partial charge in [0.2, 0.25) is 5.95 Å². The van der Waals surface area contributed by atoms with Gasteiger partial charge in [-0.2, -0.15) is 9.49 Å². The van der Waals surface area contributed by atoms with Crippen molar-refractivity contribution in [1.29, 1.82) is 0 Å². The van der Waals surface area contributed by atoms with E-state index in [4.69, 9.17) is 11.6 Å². The number of nitrogens with zero attached hydrogens (tertiary/aromatic N) is 3. The molecule has 0 saturated heterocycles. The van der Waals surface area contributed by atoms with Crippen LogP contribution < -0.4 is 0 Å². The number of H-pyrrole nitrogens is 1. The molecule has 3 aromatic rings. The number of fused-ring (bicyclic) bond motifs is 1. The summed E-state index contributed by atoms with van der Waals surface area (Å²) >= 11 is 7.67. The first-order valence-corrected chi connectivity index (χ1v) is 6.43. The van der Waals surface area contributed by atoms with Crippen LogP contribution in [0.5, 0.6) is 0 Å². The van der Waals surface area contributed by atoms with Crippen LogP contribution in [0.3, 0.4) is 0 Å². The van der Waals surface area contributed by atoms with E-state index in [-0.39, 0.29) is 0 Å². The van der Waals surface area contributed by atoms with Gasteiger partial charge < -0.3 is 0 Å². The highest BCUT2D eigenvalue weighted by Gasteiger charge is 2.12. The summed E-state index contributed by atoms with van der Waals surface area (Å²) < 4.78 is 13.9. The van der Waals surface area contributed by atoms with Crippen molar-refractivity contribution in [2.24, 2.45) is 0 Å². The Balaban J connectivity index is 2.22. The Morgan fingerprint density at radius 2 is 2.17 bits per heavy atom. The van der Waals surface area contributed by atoms with E-state index < -0.39 is 5.95 Å². The molecule has 1 N–H and O–H groups in total. The predicted molar refractivity (Wildman–Crippen MR) is 74.8 cm³/mol. The minimum absolute atomic E-state index is 0.374. The first kappa shape index (κ1) is 11.8. The smallest absolute Gasteiger partial charge is 0.226 e. The second kappa shape index (κ2) is 4.43. The highest BCUT2D eigenvalue weighted by molar-refractivity contribution is 14.1. The van der Waals surface area contributed by atoms with Crippen molar-refractivity contribution in [1.82, 2.24) is 20.2 Å². The first-order chi connectivity index (χ1) is 8.65. The van der Waals surface area contributed by atoms with E-state index in [0.29, 0.717) is 20.1 Å². The third-order valence-corrected chi connectivity index (χ3v) is 3.47. The number of aromatic amines is 1. The molecule has 0 aliphatic carbocycles. The third kappa shape index (κ3) is 1.95. The molecule has 0 atom stereocenters. The van der Waals surface area contributed by atoms with Gasteiger partial charge in [0.15, 0.2) is 0 Å². The van der Waals surface area contributed by atoms with Gasteiger partial charge in [-0.25, -0.2) is 9.97 Å². The van der Waals surface area contributed by atoms with Crippen LogP contribution in [0.15, 0.2) is 24.4 Å². The molecule has 3 aromatic heterocycles. The molecule has 18 heavy (non-hydrogen) atoms. The summed E-state index contributed by atoms with van der Waals surface area (Å²) in [4.78, 5) is 7.86. The molecule has 0 spiro atoms. The monoisotopic (exact) mass is 374 g/mol. The van der Waals surface area contributed by atoms with Crippen LogP contribution in [0, 0.1) is 9.52 Å². The molecule has 0 aliphatic heterocycles. The molecule has 0 aromatic carbocycles. The van der Waals surface area contributed by atoms with E-state index in [1.807, 2.05) is 22.6 Å². The largest absolute Gasteiger partial charge is 0.277 e. The van der Waals surface area contributed by atoms with Crippen molar-refractivity contribution < 1.29 is 4.39 Å². The lowest BCUT2D eigenvalue weighted by molar-refractivity contribution is 0.577. The SMILES string of the molecule is Fc1nc(-c2n[nH]c3cc(Cl)ncc23)ccc1I. The average Bonchev–Trinajstić information content (AvgIpc) is 2.75. The molecule has 90 valence electrons. The van der Waals surface area contributed by atoms with Gasteiger partial charge in [-0.3, -0.25) is 5.10 Å². The van der Waals surface area contributed by atoms with Gasteiger partial charge in [0.05, 0.1) is 14.8 Å². The van der Waals surface area contributed by atoms with Crippen molar-refractivity contribution in [3.8, 4) is 11.4 Å². The quantitative estimate of drug-likeness (QED) is 0.524.